The minimum absolute atomic E-state index is 0.131. The van der Waals surface area contributed by atoms with Gasteiger partial charge < -0.3 is 15.5 Å². The Kier molecular flexibility index (Phi) is 4.65. The van der Waals surface area contributed by atoms with Gasteiger partial charge in [0.1, 0.15) is 5.75 Å². The van der Waals surface area contributed by atoms with Crippen molar-refractivity contribution in [2.24, 2.45) is 5.92 Å². The summed E-state index contributed by atoms with van der Waals surface area (Å²) in [7, 11) is 0. The Morgan fingerprint density at radius 1 is 1.40 bits per heavy atom. The Labute approximate surface area is 119 Å². The van der Waals surface area contributed by atoms with Crippen molar-refractivity contribution < 1.29 is 15.0 Å². The highest BCUT2D eigenvalue weighted by atomic mass is 16.3. The van der Waals surface area contributed by atoms with E-state index in [-0.39, 0.29) is 30.5 Å². The molecular formula is C16H23NO3. The predicted octanol–water partition coefficient (Wildman–Crippen LogP) is 1.99. The molecule has 1 aliphatic carbocycles. The van der Waals surface area contributed by atoms with Gasteiger partial charge in [-0.3, -0.25) is 4.79 Å². The Morgan fingerprint density at radius 2 is 2.10 bits per heavy atom. The number of benzene rings is 1. The molecule has 110 valence electrons. The van der Waals surface area contributed by atoms with Gasteiger partial charge in [-0.1, -0.05) is 25.0 Å². The molecule has 3 N–H and O–H groups in total. The molecule has 1 amide bonds. The molecule has 0 radical (unpaired) electrons. The van der Waals surface area contributed by atoms with Crippen LogP contribution in [0, 0.1) is 5.92 Å². The number of carbonyl (C=O) groups excluding carboxylic acids is 1. The van der Waals surface area contributed by atoms with Crippen molar-refractivity contribution >= 4 is 5.91 Å². The molecule has 2 rings (SSSR count). The Balaban J connectivity index is 1.82. The molecule has 1 aromatic carbocycles. The molecule has 0 saturated heterocycles. The molecule has 4 heteroatoms. The molecule has 0 unspecified atom stereocenters. The van der Waals surface area contributed by atoms with Crippen LogP contribution in [-0.4, -0.2) is 28.3 Å². The molecule has 1 saturated carbocycles. The third-order valence-electron chi connectivity index (χ3n) is 4.15. The van der Waals surface area contributed by atoms with Crippen molar-refractivity contribution in [3.05, 3.63) is 29.8 Å². The van der Waals surface area contributed by atoms with Gasteiger partial charge in [0.25, 0.3) is 0 Å². The molecule has 20 heavy (non-hydrogen) atoms. The highest BCUT2D eigenvalue weighted by Gasteiger charge is 2.34. The van der Waals surface area contributed by atoms with E-state index in [0.717, 1.165) is 31.2 Å². The summed E-state index contributed by atoms with van der Waals surface area (Å²) in [4.78, 5) is 11.9. The topological polar surface area (TPSA) is 69.6 Å². The second-order valence-electron chi connectivity index (χ2n) is 5.96. The maximum absolute atomic E-state index is 11.9. The molecule has 1 fully saturated rings. The summed E-state index contributed by atoms with van der Waals surface area (Å²) in [6.45, 7) is 2.09. The Morgan fingerprint density at radius 3 is 2.75 bits per heavy atom. The number of phenols is 1. The number of carbonyl (C=O) groups is 1. The fourth-order valence-corrected chi connectivity index (χ4v) is 2.88. The lowest BCUT2D eigenvalue weighted by Gasteiger charge is -2.30. The van der Waals surface area contributed by atoms with Crippen LogP contribution in [0.15, 0.2) is 24.3 Å². The SMILES string of the molecule is C[C@@](O)(CNC(=O)Cc1cccc(O)c1)C1CCCC1. The van der Waals surface area contributed by atoms with E-state index in [9.17, 15) is 15.0 Å². The van der Waals surface area contributed by atoms with Crippen LogP contribution in [0.25, 0.3) is 0 Å². The van der Waals surface area contributed by atoms with E-state index >= 15 is 0 Å². The zero-order chi connectivity index (χ0) is 14.6. The van der Waals surface area contributed by atoms with Crippen molar-refractivity contribution in [1.29, 1.82) is 0 Å². The maximum Gasteiger partial charge on any atom is 0.224 e. The third-order valence-corrected chi connectivity index (χ3v) is 4.15. The summed E-state index contributed by atoms with van der Waals surface area (Å²) in [5.74, 6) is 0.311. The fraction of sp³-hybridized carbons (Fsp3) is 0.562. The highest BCUT2D eigenvalue weighted by Crippen LogP contribution is 2.33. The Bertz CT molecular complexity index is 465. The first kappa shape index (κ1) is 14.9. The zero-order valence-corrected chi connectivity index (χ0v) is 11.9. The van der Waals surface area contributed by atoms with E-state index in [0.29, 0.717) is 0 Å². The predicted molar refractivity (Wildman–Crippen MR) is 77.4 cm³/mol. The number of hydrogen-bond donors (Lipinski definition) is 3. The summed E-state index contributed by atoms with van der Waals surface area (Å²) in [6, 6.07) is 6.67. The van der Waals surface area contributed by atoms with Crippen LogP contribution in [0.3, 0.4) is 0 Å². The fourth-order valence-electron chi connectivity index (χ4n) is 2.88. The van der Waals surface area contributed by atoms with Gasteiger partial charge in [0, 0.05) is 6.54 Å². The lowest BCUT2D eigenvalue weighted by molar-refractivity contribution is -0.122. The summed E-state index contributed by atoms with van der Waals surface area (Å²) >= 11 is 0. The number of aliphatic hydroxyl groups is 1. The molecule has 0 aromatic heterocycles. The van der Waals surface area contributed by atoms with Crippen LogP contribution in [0.5, 0.6) is 5.75 Å². The summed E-state index contributed by atoms with van der Waals surface area (Å²) in [6.07, 6.45) is 4.62. The number of amides is 1. The third kappa shape index (κ3) is 3.97. The number of aromatic hydroxyl groups is 1. The first-order valence-electron chi connectivity index (χ1n) is 7.24. The number of phenolic OH excluding ortho intramolecular Hbond substituents is 1. The van der Waals surface area contributed by atoms with E-state index in [2.05, 4.69) is 5.32 Å². The van der Waals surface area contributed by atoms with Crippen LogP contribution in [0.4, 0.5) is 0 Å². The number of hydrogen-bond acceptors (Lipinski definition) is 3. The van der Waals surface area contributed by atoms with Crippen LogP contribution >= 0.6 is 0 Å². The van der Waals surface area contributed by atoms with E-state index in [1.165, 1.54) is 0 Å². The van der Waals surface area contributed by atoms with Crippen molar-refractivity contribution in [3.8, 4) is 5.75 Å². The van der Waals surface area contributed by atoms with Gasteiger partial charge in [-0.2, -0.15) is 0 Å². The molecule has 1 aromatic rings. The molecule has 0 spiro atoms. The van der Waals surface area contributed by atoms with Gasteiger partial charge in [0.2, 0.25) is 5.91 Å². The monoisotopic (exact) mass is 277 g/mol. The summed E-state index contributed by atoms with van der Waals surface area (Å²) < 4.78 is 0. The normalized spacial score (nSPS) is 18.7. The highest BCUT2D eigenvalue weighted by molar-refractivity contribution is 5.78. The summed E-state index contributed by atoms with van der Waals surface area (Å²) in [5.41, 5.74) is -0.0617. The minimum atomic E-state index is -0.828. The van der Waals surface area contributed by atoms with Crippen molar-refractivity contribution in [3.63, 3.8) is 0 Å². The van der Waals surface area contributed by atoms with Crippen molar-refractivity contribution in [1.82, 2.24) is 5.32 Å². The van der Waals surface area contributed by atoms with Gasteiger partial charge in [-0.05, 0) is 43.4 Å². The quantitative estimate of drug-likeness (QED) is 0.771. The van der Waals surface area contributed by atoms with E-state index < -0.39 is 5.60 Å². The van der Waals surface area contributed by atoms with Crippen LogP contribution in [0.2, 0.25) is 0 Å². The van der Waals surface area contributed by atoms with Gasteiger partial charge in [-0.15, -0.1) is 0 Å². The van der Waals surface area contributed by atoms with Crippen molar-refractivity contribution in [2.75, 3.05) is 6.54 Å². The van der Waals surface area contributed by atoms with E-state index in [1.807, 2.05) is 0 Å². The molecule has 1 atom stereocenters. The zero-order valence-electron chi connectivity index (χ0n) is 11.9. The smallest absolute Gasteiger partial charge is 0.224 e. The van der Waals surface area contributed by atoms with Crippen LogP contribution < -0.4 is 5.32 Å². The van der Waals surface area contributed by atoms with Crippen molar-refractivity contribution in [2.45, 2.75) is 44.6 Å². The van der Waals surface area contributed by atoms with E-state index in [4.69, 9.17) is 0 Å². The molecule has 4 nitrogen and oxygen atoms in total. The second kappa shape index (κ2) is 6.27. The van der Waals surface area contributed by atoms with Gasteiger partial charge >= 0.3 is 0 Å². The first-order valence-corrected chi connectivity index (χ1v) is 7.24. The molecule has 1 aliphatic rings. The standard InChI is InChI=1S/C16H23NO3/c1-16(20,13-6-2-3-7-13)11-17-15(19)10-12-5-4-8-14(18)9-12/h4-5,8-9,13,18,20H,2-3,6-7,10-11H2,1H3,(H,17,19)/t16-/m1/s1. The van der Waals surface area contributed by atoms with Crippen LogP contribution in [0.1, 0.15) is 38.2 Å². The minimum Gasteiger partial charge on any atom is -0.508 e. The first-order chi connectivity index (χ1) is 9.47. The molecular weight excluding hydrogens is 254 g/mol. The maximum atomic E-state index is 11.9. The summed E-state index contributed by atoms with van der Waals surface area (Å²) in [5, 5.41) is 22.6. The molecule has 0 bridgehead atoms. The average Bonchev–Trinajstić information content (AvgIpc) is 2.91. The second-order valence-corrected chi connectivity index (χ2v) is 5.96. The number of rotatable bonds is 5. The number of nitrogens with one attached hydrogen (secondary N) is 1. The van der Waals surface area contributed by atoms with Gasteiger partial charge in [0.05, 0.1) is 12.0 Å². The van der Waals surface area contributed by atoms with Gasteiger partial charge in [0.15, 0.2) is 0 Å². The molecule has 0 aliphatic heterocycles. The molecule has 0 heterocycles. The van der Waals surface area contributed by atoms with E-state index in [1.54, 1.807) is 31.2 Å². The lowest BCUT2D eigenvalue weighted by Crippen LogP contribution is -2.45. The lowest BCUT2D eigenvalue weighted by atomic mass is 9.87. The largest absolute Gasteiger partial charge is 0.508 e. The Hall–Kier alpha value is -1.55. The van der Waals surface area contributed by atoms with Crippen LogP contribution in [-0.2, 0) is 11.2 Å². The van der Waals surface area contributed by atoms with Gasteiger partial charge in [-0.25, -0.2) is 0 Å². The average molecular weight is 277 g/mol.